The van der Waals surface area contributed by atoms with Gasteiger partial charge in [-0.1, -0.05) is 89.5 Å². The first-order chi connectivity index (χ1) is 16.0. The van der Waals surface area contributed by atoms with Gasteiger partial charge in [0.15, 0.2) is 5.41 Å². The van der Waals surface area contributed by atoms with Gasteiger partial charge in [-0.25, -0.2) is 4.79 Å². The molecular formula is C29H39NO3. The van der Waals surface area contributed by atoms with Gasteiger partial charge in [0.2, 0.25) is 0 Å². The van der Waals surface area contributed by atoms with Gasteiger partial charge in [-0.3, -0.25) is 0 Å². The lowest BCUT2D eigenvalue weighted by Gasteiger charge is -2.19. The van der Waals surface area contributed by atoms with Crippen molar-refractivity contribution in [2.75, 3.05) is 6.61 Å². The average molecular weight is 450 g/mol. The molecule has 0 radical (unpaired) electrons. The Labute approximate surface area is 199 Å². The van der Waals surface area contributed by atoms with Gasteiger partial charge in [0.05, 0.1) is 12.7 Å². The zero-order valence-corrected chi connectivity index (χ0v) is 20.6. The molecule has 1 unspecified atom stereocenters. The molecule has 0 spiro atoms. The largest absolute Gasteiger partial charge is 0.494 e. The second-order valence-electron chi connectivity index (χ2n) is 8.96. The van der Waals surface area contributed by atoms with Crippen molar-refractivity contribution < 1.29 is 14.3 Å². The number of unbranched alkanes of at least 4 members (excludes halogenated alkanes) is 7. The van der Waals surface area contributed by atoms with Gasteiger partial charge in [-0.05, 0) is 55.2 Å². The Morgan fingerprint density at radius 2 is 1.30 bits per heavy atom. The number of esters is 1. The monoisotopic (exact) mass is 449 g/mol. The first-order valence-electron chi connectivity index (χ1n) is 12.5. The van der Waals surface area contributed by atoms with E-state index in [9.17, 15) is 10.1 Å². The number of hydrogen-bond acceptors (Lipinski definition) is 4. The summed E-state index contributed by atoms with van der Waals surface area (Å²) in [5.41, 5.74) is 0.989. The molecule has 0 aliphatic carbocycles. The van der Waals surface area contributed by atoms with Crippen LogP contribution < -0.4 is 9.47 Å². The van der Waals surface area contributed by atoms with E-state index in [2.05, 4.69) is 13.0 Å². The molecule has 4 heteroatoms. The van der Waals surface area contributed by atoms with Crippen LogP contribution in [0.15, 0.2) is 48.5 Å². The van der Waals surface area contributed by atoms with Crippen molar-refractivity contribution >= 4 is 5.97 Å². The van der Waals surface area contributed by atoms with Crippen LogP contribution in [0.4, 0.5) is 0 Å². The minimum atomic E-state index is -1.11. The van der Waals surface area contributed by atoms with Crippen LogP contribution in [0.5, 0.6) is 11.5 Å². The second-order valence-corrected chi connectivity index (χ2v) is 8.96. The Morgan fingerprint density at radius 1 is 0.788 bits per heavy atom. The van der Waals surface area contributed by atoms with E-state index in [1.807, 2.05) is 43.3 Å². The predicted molar refractivity (Wildman–Crippen MR) is 134 cm³/mol. The molecule has 1 atom stereocenters. The van der Waals surface area contributed by atoms with E-state index in [1.165, 1.54) is 38.5 Å². The van der Waals surface area contributed by atoms with Crippen LogP contribution in [0.2, 0.25) is 0 Å². The molecular weight excluding hydrogens is 410 g/mol. The summed E-state index contributed by atoms with van der Waals surface area (Å²) in [4.78, 5) is 12.5. The molecule has 0 aromatic heterocycles. The highest BCUT2D eigenvalue weighted by atomic mass is 16.5. The molecule has 0 aliphatic heterocycles. The van der Waals surface area contributed by atoms with Gasteiger partial charge < -0.3 is 9.47 Å². The van der Waals surface area contributed by atoms with Gasteiger partial charge in [-0.2, -0.15) is 5.26 Å². The number of carbonyl (C=O) groups is 1. The van der Waals surface area contributed by atoms with Crippen LogP contribution in [0, 0.1) is 16.7 Å². The summed E-state index contributed by atoms with van der Waals surface area (Å²) in [7, 11) is 0. The SMILES string of the molecule is CCCCCCCCCOc1ccc(-c2ccc(OC(=O)C(C)(C#N)CCCC)cc2)cc1. The van der Waals surface area contributed by atoms with Crippen LogP contribution in [-0.4, -0.2) is 12.6 Å². The average Bonchev–Trinajstić information content (AvgIpc) is 2.85. The van der Waals surface area contributed by atoms with Crippen molar-refractivity contribution in [2.45, 2.75) is 85.0 Å². The van der Waals surface area contributed by atoms with E-state index in [1.54, 1.807) is 19.1 Å². The summed E-state index contributed by atoms with van der Waals surface area (Å²) < 4.78 is 11.4. The quantitative estimate of drug-likeness (QED) is 0.156. The number of rotatable bonds is 15. The van der Waals surface area contributed by atoms with Crippen molar-refractivity contribution in [1.82, 2.24) is 0 Å². The zero-order valence-electron chi connectivity index (χ0n) is 20.6. The molecule has 2 aromatic rings. The zero-order chi connectivity index (χ0) is 23.9. The van der Waals surface area contributed by atoms with Gasteiger partial charge in [0, 0.05) is 0 Å². The highest BCUT2D eigenvalue weighted by molar-refractivity contribution is 5.81. The molecule has 0 fully saturated rings. The fraction of sp³-hybridized carbons (Fsp3) is 0.517. The molecule has 0 bridgehead atoms. The van der Waals surface area contributed by atoms with E-state index in [0.717, 1.165) is 42.7 Å². The van der Waals surface area contributed by atoms with Crippen molar-refractivity contribution in [2.24, 2.45) is 5.41 Å². The lowest BCUT2D eigenvalue weighted by Crippen LogP contribution is -2.30. The fourth-order valence-electron chi connectivity index (χ4n) is 3.66. The van der Waals surface area contributed by atoms with Crippen molar-refractivity contribution in [1.29, 1.82) is 5.26 Å². The number of nitrogens with zero attached hydrogens (tertiary/aromatic N) is 1. The van der Waals surface area contributed by atoms with Crippen molar-refractivity contribution in [3.05, 3.63) is 48.5 Å². The molecule has 0 aliphatic rings. The maximum Gasteiger partial charge on any atom is 0.331 e. The third-order valence-corrected chi connectivity index (χ3v) is 6.00. The van der Waals surface area contributed by atoms with E-state index in [4.69, 9.17) is 9.47 Å². The third-order valence-electron chi connectivity index (χ3n) is 6.00. The smallest absolute Gasteiger partial charge is 0.331 e. The Morgan fingerprint density at radius 3 is 1.85 bits per heavy atom. The Balaban J connectivity index is 1.82. The summed E-state index contributed by atoms with van der Waals surface area (Å²) >= 11 is 0. The maximum atomic E-state index is 12.5. The lowest BCUT2D eigenvalue weighted by molar-refractivity contribution is -0.142. The van der Waals surface area contributed by atoms with Gasteiger partial charge in [-0.15, -0.1) is 0 Å². The van der Waals surface area contributed by atoms with Gasteiger partial charge in [0.25, 0.3) is 0 Å². The maximum absolute atomic E-state index is 12.5. The van der Waals surface area contributed by atoms with E-state index >= 15 is 0 Å². The molecule has 0 amide bonds. The number of hydrogen-bond donors (Lipinski definition) is 0. The topological polar surface area (TPSA) is 59.3 Å². The molecule has 0 N–H and O–H groups in total. The molecule has 0 saturated heterocycles. The fourth-order valence-corrected chi connectivity index (χ4v) is 3.66. The van der Waals surface area contributed by atoms with E-state index in [0.29, 0.717) is 12.2 Å². The van der Waals surface area contributed by atoms with Crippen LogP contribution >= 0.6 is 0 Å². The highest BCUT2D eigenvalue weighted by Gasteiger charge is 2.34. The standard InChI is InChI=1S/C29H39NO3/c1-4-6-8-9-10-11-12-22-32-26-17-13-24(14-18-26)25-15-19-27(20-16-25)33-28(31)29(3,23-30)21-7-5-2/h13-20H,4-12,21-22H2,1-3H3. The molecule has 178 valence electrons. The first kappa shape index (κ1) is 26.5. The van der Waals surface area contributed by atoms with Crippen molar-refractivity contribution in [3.8, 4) is 28.7 Å². The molecule has 4 nitrogen and oxygen atoms in total. The minimum Gasteiger partial charge on any atom is -0.494 e. The number of nitriles is 1. The highest BCUT2D eigenvalue weighted by Crippen LogP contribution is 2.28. The molecule has 2 aromatic carbocycles. The van der Waals surface area contributed by atoms with Crippen LogP contribution in [0.25, 0.3) is 11.1 Å². The van der Waals surface area contributed by atoms with E-state index < -0.39 is 11.4 Å². The number of benzene rings is 2. The van der Waals surface area contributed by atoms with Crippen LogP contribution in [-0.2, 0) is 4.79 Å². The summed E-state index contributed by atoms with van der Waals surface area (Å²) in [5.74, 6) is 0.850. The van der Waals surface area contributed by atoms with Gasteiger partial charge in [0.1, 0.15) is 11.5 Å². The summed E-state index contributed by atoms with van der Waals surface area (Å²) in [6, 6.07) is 17.6. The van der Waals surface area contributed by atoms with Crippen LogP contribution in [0.3, 0.4) is 0 Å². The summed E-state index contributed by atoms with van der Waals surface area (Å²) in [6.45, 7) is 6.69. The Bertz CT molecular complexity index is 867. The first-order valence-corrected chi connectivity index (χ1v) is 12.5. The molecule has 33 heavy (non-hydrogen) atoms. The Hall–Kier alpha value is -2.80. The minimum absolute atomic E-state index is 0.455. The molecule has 2 rings (SSSR count). The second kappa shape index (κ2) is 14.4. The third kappa shape index (κ3) is 8.92. The summed E-state index contributed by atoms with van der Waals surface area (Å²) in [5, 5.41) is 9.43. The number of ether oxygens (including phenoxy) is 2. The van der Waals surface area contributed by atoms with Crippen molar-refractivity contribution in [3.63, 3.8) is 0 Å². The number of carbonyl (C=O) groups excluding carboxylic acids is 1. The predicted octanol–water partition coefficient (Wildman–Crippen LogP) is 8.11. The van der Waals surface area contributed by atoms with Gasteiger partial charge >= 0.3 is 5.97 Å². The normalized spacial score (nSPS) is 12.5. The Kier molecular flexibility index (Phi) is 11.5. The van der Waals surface area contributed by atoms with E-state index in [-0.39, 0.29) is 0 Å². The lowest BCUT2D eigenvalue weighted by atomic mass is 9.87. The molecule has 0 heterocycles. The summed E-state index contributed by atoms with van der Waals surface area (Å²) in [6.07, 6.45) is 11.2. The van der Waals surface area contributed by atoms with Crippen LogP contribution in [0.1, 0.15) is 85.0 Å². The molecule has 0 saturated carbocycles.